The number of hydrogen-bond donors (Lipinski definition) is 2. The number of aryl methyl sites for hydroxylation is 1. The Kier molecular flexibility index (Phi) is 3.38. The van der Waals surface area contributed by atoms with E-state index in [1.54, 1.807) is 0 Å². The molecule has 2 rings (SSSR count). The lowest BCUT2D eigenvalue weighted by atomic mass is 10.2. The number of carbonyl (C=O) groups is 2. The summed E-state index contributed by atoms with van der Waals surface area (Å²) in [5.74, 6) is -1.42. The lowest BCUT2D eigenvalue weighted by Gasteiger charge is -2.06. The number of rotatable bonds is 3. The zero-order valence-corrected chi connectivity index (χ0v) is 10.3. The first-order valence-corrected chi connectivity index (χ1v) is 6.00. The first-order chi connectivity index (χ1) is 8.59. The van der Waals surface area contributed by atoms with Crippen molar-refractivity contribution in [3.8, 4) is 0 Å². The summed E-state index contributed by atoms with van der Waals surface area (Å²) in [6, 6.07) is 3.18. The number of aromatic nitrogens is 1. The molecule has 0 aliphatic heterocycles. The molecule has 18 heavy (non-hydrogen) atoms. The third-order valence-electron chi connectivity index (χ3n) is 2.37. The molecule has 0 atom stereocenters. The number of carboxylic acids is 1. The fourth-order valence-electron chi connectivity index (χ4n) is 1.46. The van der Waals surface area contributed by atoms with E-state index in [0.29, 0.717) is 4.88 Å². The minimum absolute atomic E-state index is 0.0209. The molecule has 1 amide bonds. The van der Waals surface area contributed by atoms with Crippen LogP contribution >= 0.6 is 11.3 Å². The molecule has 0 radical (unpaired) electrons. The predicted octanol–water partition coefficient (Wildman–Crippen LogP) is 2.40. The summed E-state index contributed by atoms with van der Waals surface area (Å²) in [5, 5.41) is 13.4. The Morgan fingerprint density at radius 2 is 2.17 bits per heavy atom. The van der Waals surface area contributed by atoms with Crippen LogP contribution in [-0.4, -0.2) is 22.0 Å². The molecule has 0 fully saturated rings. The van der Waals surface area contributed by atoms with E-state index in [9.17, 15) is 9.59 Å². The Hall–Kier alpha value is -2.21. The molecule has 0 unspecified atom stereocenters. The monoisotopic (exact) mass is 262 g/mol. The zero-order valence-electron chi connectivity index (χ0n) is 9.51. The third kappa shape index (κ3) is 2.38. The first kappa shape index (κ1) is 12.3. The molecule has 0 bridgehead atoms. The second kappa shape index (κ2) is 4.97. The lowest BCUT2D eigenvalue weighted by molar-refractivity contribution is 0.0698. The van der Waals surface area contributed by atoms with Gasteiger partial charge in [0.2, 0.25) is 0 Å². The Labute approximate surface area is 107 Å². The predicted molar refractivity (Wildman–Crippen MR) is 68.2 cm³/mol. The minimum atomic E-state index is -1.10. The molecule has 2 N–H and O–H groups in total. The number of nitrogens with one attached hydrogen (secondary N) is 1. The van der Waals surface area contributed by atoms with Crippen LogP contribution in [0.5, 0.6) is 0 Å². The van der Waals surface area contributed by atoms with Crippen molar-refractivity contribution in [2.45, 2.75) is 6.92 Å². The molecule has 0 saturated heterocycles. The van der Waals surface area contributed by atoms with E-state index in [2.05, 4.69) is 10.3 Å². The van der Waals surface area contributed by atoms with Crippen molar-refractivity contribution < 1.29 is 14.7 Å². The van der Waals surface area contributed by atoms with Crippen molar-refractivity contribution >= 4 is 28.9 Å². The molecule has 0 aliphatic rings. The third-order valence-corrected chi connectivity index (χ3v) is 3.38. The Balaban J connectivity index is 2.28. The van der Waals surface area contributed by atoms with Crippen LogP contribution in [-0.2, 0) is 0 Å². The summed E-state index contributed by atoms with van der Waals surface area (Å²) < 4.78 is 0. The van der Waals surface area contributed by atoms with Crippen LogP contribution in [0.15, 0.2) is 29.9 Å². The Bertz CT molecular complexity index is 607. The van der Waals surface area contributed by atoms with Crippen LogP contribution < -0.4 is 5.32 Å². The van der Waals surface area contributed by atoms with Gasteiger partial charge in [0.15, 0.2) is 0 Å². The Morgan fingerprint density at radius 1 is 1.39 bits per heavy atom. The van der Waals surface area contributed by atoms with Gasteiger partial charge in [0.25, 0.3) is 5.91 Å². The SMILES string of the molecule is Cc1ccsc1C(=O)Nc1cnccc1C(=O)O. The number of nitrogens with zero attached hydrogens (tertiary/aromatic N) is 1. The standard InChI is InChI=1S/C12H10N2O3S/c1-7-3-5-18-10(7)11(15)14-9-6-13-4-2-8(9)12(16)17/h2-6H,1H3,(H,14,15)(H,16,17). The van der Waals surface area contributed by atoms with Gasteiger partial charge in [-0.05, 0) is 30.0 Å². The number of pyridine rings is 1. The molecule has 92 valence electrons. The molecular weight excluding hydrogens is 252 g/mol. The Morgan fingerprint density at radius 3 is 2.78 bits per heavy atom. The van der Waals surface area contributed by atoms with Gasteiger partial charge in [0.05, 0.1) is 22.3 Å². The maximum absolute atomic E-state index is 11.9. The largest absolute Gasteiger partial charge is 0.478 e. The first-order valence-electron chi connectivity index (χ1n) is 5.12. The van der Waals surface area contributed by atoms with Crippen molar-refractivity contribution in [2.75, 3.05) is 5.32 Å². The molecule has 0 saturated carbocycles. The number of aromatic carboxylic acids is 1. The fraction of sp³-hybridized carbons (Fsp3) is 0.0833. The average Bonchev–Trinajstić information content (AvgIpc) is 2.76. The quantitative estimate of drug-likeness (QED) is 0.890. The normalized spacial score (nSPS) is 10.1. The van der Waals surface area contributed by atoms with E-state index in [-0.39, 0.29) is 17.2 Å². The van der Waals surface area contributed by atoms with Crippen LogP contribution in [0.25, 0.3) is 0 Å². The van der Waals surface area contributed by atoms with Crippen LogP contribution in [0.4, 0.5) is 5.69 Å². The number of anilines is 1. The number of amides is 1. The van der Waals surface area contributed by atoms with Gasteiger partial charge in [-0.1, -0.05) is 0 Å². The molecule has 0 spiro atoms. The van der Waals surface area contributed by atoms with E-state index in [4.69, 9.17) is 5.11 Å². The van der Waals surface area contributed by atoms with Gasteiger partial charge in [-0.15, -0.1) is 11.3 Å². The van der Waals surface area contributed by atoms with Gasteiger partial charge in [-0.25, -0.2) is 4.79 Å². The van der Waals surface area contributed by atoms with Crippen LogP contribution in [0.1, 0.15) is 25.6 Å². The highest BCUT2D eigenvalue weighted by Gasteiger charge is 2.15. The van der Waals surface area contributed by atoms with Gasteiger partial charge in [0.1, 0.15) is 0 Å². The van der Waals surface area contributed by atoms with Gasteiger partial charge < -0.3 is 10.4 Å². The molecule has 5 nitrogen and oxygen atoms in total. The number of carboxylic acid groups (broad SMARTS) is 1. The van der Waals surface area contributed by atoms with Crippen molar-refractivity contribution in [1.29, 1.82) is 0 Å². The van der Waals surface area contributed by atoms with Crippen molar-refractivity contribution in [3.05, 3.63) is 45.9 Å². The van der Waals surface area contributed by atoms with Crippen molar-refractivity contribution in [1.82, 2.24) is 4.98 Å². The summed E-state index contributed by atoms with van der Waals surface area (Å²) in [5.41, 5.74) is 1.08. The van der Waals surface area contributed by atoms with E-state index >= 15 is 0 Å². The van der Waals surface area contributed by atoms with Crippen molar-refractivity contribution in [2.24, 2.45) is 0 Å². The summed E-state index contributed by atoms with van der Waals surface area (Å²) >= 11 is 1.31. The van der Waals surface area contributed by atoms with E-state index < -0.39 is 5.97 Å². The van der Waals surface area contributed by atoms with Gasteiger partial charge in [-0.3, -0.25) is 9.78 Å². The molecule has 2 aromatic heterocycles. The summed E-state index contributed by atoms with van der Waals surface area (Å²) in [4.78, 5) is 27.3. The molecule has 2 aromatic rings. The highest BCUT2D eigenvalue weighted by molar-refractivity contribution is 7.12. The zero-order chi connectivity index (χ0) is 13.1. The van der Waals surface area contributed by atoms with Crippen molar-refractivity contribution in [3.63, 3.8) is 0 Å². The van der Waals surface area contributed by atoms with Crippen LogP contribution in [0, 0.1) is 6.92 Å². The van der Waals surface area contributed by atoms with Gasteiger partial charge >= 0.3 is 5.97 Å². The van der Waals surface area contributed by atoms with Gasteiger partial charge in [-0.2, -0.15) is 0 Å². The van der Waals surface area contributed by atoms with Gasteiger partial charge in [0, 0.05) is 6.20 Å². The summed E-state index contributed by atoms with van der Waals surface area (Å²) in [6.07, 6.45) is 2.69. The highest BCUT2D eigenvalue weighted by atomic mass is 32.1. The number of carbonyl (C=O) groups excluding carboxylic acids is 1. The second-order valence-corrected chi connectivity index (χ2v) is 4.53. The molecule has 6 heteroatoms. The average molecular weight is 262 g/mol. The topological polar surface area (TPSA) is 79.3 Å². The molecule has 0 aliphatic carbocycles. The van der Waals surface area contributed by atoms with Crippen LogP contribution in [0.3, 0.4) is 0 Å². The minimum Gasteiger partial charge on any atom is -0.478 e. The van der Waals surface area contributed by atoms with E-state index in [0.717, 1.165) is 5.56 Å². The maximum atomic E-state index is 11.9. The molecular formula is C12H10N2O3S. The second-order valence-electron chi connectivity index (χ2n) is 3.61. The summed E-state index contributed by atoms with van der Waals surface area (Å²) in [7, 11) is 0. The smallest absolute Gasteiger partial charge is 0.337 e. The fourth-order valence-corrected chi connectivity index (χ4v) is 2.29. The molecule has 2 heterocycles. The maximum Gasteiger partial charge on any atom is 0.337 e. The number of hydrogen-bond acceptors (Lipinski definition) is 4. The van der Waals surface area contributed by atoms with E-state index in [1.165, 1.54) is 29.8 Å². The lowest BCUT2D eigenvalue weighted by Crippen LogP contribution is -2.14. The number of thiophene rings is 1. The molecule has 0 aromatic carbocycles. The van der Waals surface area contributed by atoms with E-state index in [1.807, 2.05) is 18.4 Å². The van der Waals surface area contributed by atoms with Crippen LogP contribution in [0.2, 0.25) is 0 Å². The highest BCUT2D eigenvalue weighted by Crippen LogP contribution is 2.19. The summed E-state index contributed by atoms with van der Waals surface area (Å²) in [6.45, 7) is 1.83.